The van der Waals surface area contributed by atoms with E-state index in [2.05, 4.69) is 5.43 Å². The van der Waals surface area contributed by atoms with Crippen molar-refractivity contribution in [2.75, 3.05) is 6.54 Å². The number of hydrogen-bond acceptors (Lipinski definition) is 2. The van der Waals surface area contributed by atoms with Crippen LogP contribution >= 0.6 is 0 Å². The van der Waals surface area contributed by atoms with Crippen LogP contribution < -0.4 is 11.3 Å². The van der Waals surface area contributed by atoms with E-state index in [1.54, 1.807) is 0 Å². The van der Waals surface area contributed by atoms with Crippen LogP contribution in [0.1, 0.15) is 5.56 Å². The summed E-state index contributed by atoms with van der Waals surface area (Å²) in [5.74, 6) is 5.09. The van der Waals surface area contributed by atoms with Gasteiger partial charge in [0.15, 0.2) is 0 Å². The summed E-state index contributed by atoms with van der Waals surface area (Å²) in [6.45, 7) is 0.703. The lowest BCUT2D eigenvalue weighted by atomic mass is 10.2. The second-order valence-corrected chi connectivity index (χ2v) is 2.22. The predicted octanol–water partition coefficient (Wildman–Crippen LogP) is 1.16. The summed E-state index contributed by atoms with van der Waals surface area (Å²) in [6.07, 6.45) is 4.01. The van der Waals surface area contributed by atoms with Crippen LogP contribution in [0.25, 0.3) is 6.08 Å². The Hall–Kier alpha value is -1.12. The van der Waals surface area contributed by atoms with E-state index in [9.17, 15) is 0 Å². The van der Waals surface area contributed by atoms with Crippen LogP contribution in [0.15, 0.2) is 36.4 Å². The molecule has 0 aliphatic carbocycles. The summed E-state index contributed by atoms with van der Waals surface area (Å²) in [5.41, 5.74) is 3.75. The van der Waals surface area contributed by atoms with Crippen molar-refractivity contribution in [3.63, 3.8) is 0 Å². The molecular formula is C9H12N2. The van der Waals surface area contributed by atoms with Gasteiger partial charge in [-0.2, -0.15) is 0 Å². The van der Waals surface area contributed by atoms with Crippen LogP contribution in [-0.4, -0.2) is 6.54 Å². The third-order valence-electron chi connectivity index (χ3n) is 1.35. The van der Waals surface area contributed by atoms with Crippen LogP contribution in [0.3, 0.4) is 0 Å². The average Bonchev–Trinajstić information content (AvgIpc) is 2.07. The zero-order valence-electron chi connectivity index (χ0n) is 6.33. The van der Waals surface area contributed by atoms with Gasteiger partial charge in [-0.15, -0.1) is 0 Å². The van der Waals surface area contributed by atoms with Crippen LogP contribution in [0.4, 0.5) is 0 Å². The zero-order chi connectivity index (χ0) is 7.94. The fourth-order valence-corrected chi connectivity index (χ4v) is 0.827. The third-order valence-corrected chi connectivity index (χ3v) is 1.35. The first-order valence-corrected chi connectivity index (χ1v) is 3.58. The number of nitrogens with two attached hydrogens (primary N) is 1. The van der Waals surface area contributed by atoms with Gasteiger partial charge in [0, 0.05) is 6.54 Å². The van der Waals surface area contributed by atoms with Gasteiger partial charge in [0.2, 0.25) is 0 Å². The molecule has 0 saturated heterocycles. The smallest absolute Gasteiger partial charge is 0.0281 e. The first-order chi connectivity index (χ1) is 5.43. The lowest BCUT2D eigenvalue weighted by Gasteiger charge is -1.90. The normalized spacial score (nSPS) is 10.6. The van der Waals surface area contributed by atoms with E-state index in [1.807, 2.05) is 42.5 Å². The fraction of sp³-hybridized carbons (Fsp3) is 0.111. The van der Waals surface area contributed by atoms with Gasteiger partial charge in [-0.25, -0.2) is 0 Å². The Bertz CT molecular complexity index is 216. The second-order valence-electron chi connectivity index (χ2n) is 2.22. The molecule has 11 heavy (non-hydrogen) atoms. The first-order valence-electron chi connectivity index (χ1n) is 3.58. The predicted molar refractivity (Wildman–Crippen MR) is 47.7 cm³/mol. The lowest BCUT2D eigenvalue weighted by Crippen LogP contribution is -2.21. The summed E-state index contributed by atoms with van der Waals surface area (Å²) in [7, 11) is 0. The zero-order valence-corrected chi connectivity index (χ0v) is 6.33. The molecule has 0 aliphatic rings. The first kappa shape index (κ1) is 7.98. The van der Waals surface area contributed by atoms with Crippen molar-refractivity contribution in [1.29, 1.82) is 0 Å². The summed E-state index contributed by atoms with van der Waals surface area (Å²) >= 11 is 0. The molecule has 0 aromatic heterocycles. The SMILES string of the molecule is NNCC=Cc1ccccc1. The third kappa shape index (κ3) is 2.98. The van der Waals surface area contributed by atoms with E-state index in [1.165, 1.54) is 5.56 Å². The van der Waals surface area contributed by atoms with E-state index in [-0.39, 0.29) is 0 Å². The Morgan fingerprint density at radius 3 is 2.64 bits per heavy atom. The Labute approximate surface area is 66.7 Å². The molecule has 0 atom stereocenters. The molecule has 1 aromatic rings. The Balaban J connectivity index is 2.50. The maximum atomic E-state index is 5.09. The van der Waals surface area contributed by atoms with Crippen LogP contribution in [-0.2, 0) is 0 Å². The van der Waals surface area contributed by atoms with Gasteiger partial charge >= 0.3 is 0 Å². The molecule has 0 radical (unpaired) electrons. The molecule has 0 fully saturated rings. The van der Waals surface area contributed by atoms with Gasteiger partial charge in [-0.05, 0) is 5.56 Å². The van der Waals surface area contributed by atoms with E-state index in [0.717, 1.165) is 0 Å². The maximum absolute atomic E-state index is 5.09. The highest BCUT2D eigenvalue weighted by Crippen LogP contribution is 1.99. The van der Waals surface area contributed by atoms with E-state index in [0.29, 0.717) is 6.54 Å². The molecule has 1 aromatic carbocycles. The maximum Gasteiger partial charge on any atom is 0.0281 e. The number of hydrogen-bond donors (Lipinski definition) is 2. The van der Waals surface area contributed by atoms with Gasteiger partial charge in [-0.3, -0.25) is 11.3 Å². The molecule has 1 rings (SSSR count). The highest BCUT2D eigenvalue weighted by Gasteiger charge is 1.80. The quantitative estimate of drug-likeness (QED) is 0.498. The second kappa shape index (κ2) is 4.66. The number of benzene rings is 1. The minimum Gasteiger partial charge on any atom is -0.271 e. The van der Waals surface area contributed by atoms with Crippen molar-refractivity contribution in [3.05, 3.63) is 42.0 Å². The highest BCUT2D eigenvalue weighted by molar-refractivity contribution is 5.48. The Kier molecular flexibility index (Phi) is 3.38. The van der Waals surface area contributed by atoms with Crippen LogP contribution in [0, 0.1) is 0 Å². The van der Waals surface area contributed by atoms with Crippen molar-refractivity contribution in [2.24, 2.45) is 5.84 Å². The molecule has 0 saturated carbocycles. The molecule has 0 amide bonds. The van der Waals surface area contributed by atoms with E-state index < -0.39 is 0 Å². The molecule has 0 aliphatic heterocycles. The minimum absolute atomic E-state index is 0.703. The molecule has 0 spiro atoms. The van der Waals surface area contributed by atoms with Crippen molar-refractivity contribution in [2.45, 2.75) is 0 Å². The molecule has 2 heteroatoms. The average molecular weight is 148 g/mol. The van der Waals surface area contributed by atoms with Crippen molar-refractivity contribution >= 4 is 6.08 Å². The highest BCUT2D eigenvalue weighted by atomic mass is 15.2. The van der Waals surface area contributed by atoms with Gasteiger partial charge in [-0.1, -0.05) is 42.5 Å². The summed E-state index contributed by atoms with van der Waals surface area (Å²) in [6, 6.07) is 10.1. The molecule has 3 N–H and O–H groups in total. The molecule has 58 valence electrons. The minimum atomic E-state index is 0.703. The van der Waals surface area contributed by atoms with Gasteiger partial charge in [0.1, 0.15) is 0 Å². The fourth-order valence-electron chi connectivity index (χ4n) is 0.827. The number of rotatable bonds is 3. The van der Waals surface area contributed by atoms with Gasteiger partial charge in [0.05, 0.1) is 0 Å². The van der Waals surface area contributed by atoms with Crippen molar-refractivity contribution in [1.82, 2.24) is 5.43 Å². The topological polar surface area (TPSA) is 38.0 Å². The van der Waals surface area contributed by atoms with Gasteiger partial charge < -0.3 is 0 Å². The van der Waals surface area contributed by atoms with Crippen molar-refractivity contribution in [3.8, 4) is 0 Å². The largest absolute Gasteiger partial charge is 0.271 e. The molecular weight excluding hydrogens is 136 g/mol. The van der Waals surface area contributed by atoms with Crippen molar-refractivity contribution < 1.29 is 0 Å². The number of hydrazine groups is 1. The van der Waals surface area contributed by atoms with Crippen LogP contribution in [0.2, 0.25) is 0 Å². The summed E-state index contributed by atoms with van der Waals surface area (Å²) < 4.78 is 0. The molecule has 0 unspecified atom stereocenters. The van der Waals surface area contributed by atoms with Gasteiger partial charge in [0.25, 0.3) is 0 Å². The number of nitrogens with one attached hydrogen (secondary N) is 1. The Morgan fingerprint density at radius 2 is 2.00 bits per heavy atom. The molecule has 2 nitrogen and oxygen atoms in total. The van der Waals surface area contributed by atoms with E-state index >= 15 is 0 Å². The standard InChI is InChI=1S/C9H12N2/c10-11-8-4-7-9-5-2-1-3-6-9/h1-7,11H,8,10H2. The van der Waals surface area contributed by atoms with E-state index in [4.69, 9.17) is 5.84 Å². The monoisotopic (exact) mass is 148 g/mol. The lowest BCUT2D eigenvalue weighted by molar-refractivity contribution is 0.825. The molecule has 0 heterocycles. The Morgan fingerprint density at radius 1 is 1.27 bits per heavy atom. The van der Waals surface area contributed by atoms with Crippen LogP contribution in [0.5, 0.6) is 0 Å². The summed E-state index contributed by atoms with van der Waals surface area (Å²) in [4.78, 5) is 0. The molecule has 0 bridgehead atoms. The summed E-state index contributed by atoms with van der Waals surface area (Å²) in [5, 5.41) is 0.